The molecule has 0 N–H and O–H groups in total. The number of ketones is 1. The summed E-state index contributed by atoms with van der Waals surface area (Å²) in [6.07, 6.45) is 4.38. The molecule has 1 aromatic heterocycles. The van der Waals surface area contributed by atoms with Crippen LogP contribution < -0.4 is 9.64 Å². The normalized spacial score (nSPS) is 18.2. The molecule has 4 rings (SSSR count). The number of carbonyl (C=O) groups excluding carboxylic acids is 2. The summed E-state index contributed by atoms with van der Waals surface area (Å²) >= 11 is 0. The Balaban J connectivity index is 1.74. The SMILES string of the molecule is COc1ccccc1C(=O)CC[C@]1(n2cccc2)C(=O)N(C)c2ccccc21. The molecule has 5 heteroatoms. The Morgan fingerprint density at radius 1 is 1.00 bits per heavy atom. The first-order valence-corrected chi connectivity index (χ1v) is 9.27. The van der Waals surface area contributed by atoms with Gasteiger partial charge in [0, 0.05) is 37.1 Å². The van der Waals surface area contributed by atoms with E-state index < -0.39 is 5.54 Å². The van der Waals surface area contributed by atoms with E-state index in [2.05, 4.69) is 0 Å². The summed E-state index contributed by atoms with van der Waals surface area (Å²) in [5, 5.41) is 0. The van der Waals surface area contributed by atoms with Gasteiger partial charge in [-0.25, -0.2) is 0 Å². The zero-order valence-corrected chi connectivity index (χ0v) is 16.0. The molecule has 28 heavy (non-hydrogen) atoms. The van der Waals surface area contributed by atoms with E-state index in [4.69, 9.17) is 4.74 Å². The number of methoxy groups -OCH3 is 1. The lowest BCUT2D eigenvalue weighted by atomic mass is 9.84. The second-order valence-corrected chi connectivity index (χ2v) is 6.96. The summed E-state index contributed by atoms with van der Waals surface area (Å²) in [6.45, 7) is 0. The third kappa shape index (κ3) is 2.62. The summed E-state index contributed by atoms with van der Waals surface area (Å²) in [5.74, 6) is 0.485. The minimum Gasteiger partial charge on any atom is -0.496 e. The van der Waals surface area contributed by atoms with Crippen LogP contribution in [0, 0.1) is 0 Å². The number of para-hydroxylation sites is 2. The highest BCUT2D eigenvalue weighted by Gasteiger charge is 2.50. The molecule has 1 amide bonds. The predicted octanol–water partition coefficient (Wildman–Crippen LogP) is 3.88. The van der Waals surface area contributed by atoms with E-state index in [-0.39, 0.29) is 18.1 Å². The van der Waals surface area contributed by atoms with Crippen molar-refractivity contribution in [1.82, 2.24) is 4.57 Å². The second kappa shape index (κ2) is 7.00. The smallest absolute Gasteiger partial charge is 0.257 e. The van der Waals surface area contributed by atoms with Crippen molar-refractivity contribution in [2.24, 2.45) is 0 Å². The van der Waals surface area contributed by atoms with E-state index in [1.165, 1.54) is 0 Å². The van der Waals surface area contributed by atoms with Crippen molar-refractivity contribution >= 4 is 17.4 Å². The molecular formula is C23H22N2O3. The Hall–Kier alpha value is -3.34. The fourth-order valence-electron chi connectivity index (χ4n) is 4.13. The van der Waals surface area contributed by atoms with E-state index in [0.29, 0.717) is 17.7 Å². The molecule has 0 radical (unpaired) electrons. The van der Waals surface area contributed by atoms with Crippen LogP contribution in [-0.4, -0.2) is 30.4 Å². The molecule has 2 aromatic carbocycles. The van der Waals surface area contributed by atoms with Crippen molar-refractivity contribution in [3.63, 3.8) is 0 Å². The summed E-state index contributed by atoms with van der Waals surface area (Å²) < 4.78 is 7.25. The third-order valence-electron chi connectivity index (χ3n) is 5.54. The highest BCUT2D eigenvalue weighted by Crippen LogP contribution is 2.45. The number of rotatable bonds is 6. The lowest BCUT2D eigenvalue weighted by molar-refractivity contribution is -0.124. The van der Waals surface area contributed by atoms with E-state index in [0.717, 1.165) is 11.3 Å². The van der Waals surface area contributed by atoms with Crippen LogP contribution in [0.3, 0.4) is 0 Å². The second-order valence-electron chi connectivity index (χ2n) is 6.96. The summed E-state index contributed by atoms with van der Waals surface area (Å²) in [7, 11) is 3.34. The summed E-state index contributed by atoms with van der Waals surface area (Å²) in [5.41, 5.74) is 1.42. The zero-order valence-electron chi connectivity index (χ0n) is 16.0. The zero-order chi connectivity index (χ0) is 19.7. The molecule has 3 aromatic rings. The fraction of sp³-hybridized carbons (Fsp3) is 0.217. The fourth-order valence-corrected chi connectivity index (χ4v) is 4.13. The minimum atomic E-state index is -0.924. The van der Waals surface area contributed by atoms with Gasteiger partial charge in [0.05, 0.1) is 12.7 Å². The molecule has 5 nitrogen and oxygen atoms in total. The van der Waals surface area contributed by atoms with Crippen LogP contribution in [-0.2, 0) is 10.3 Å². The van der Waals surface area contributed by atoms with E-state index >= 15 is 0 Å². The van der Waals surface area contributed by atoms with Crippen LogP contribution in [0.15, 0.2) is 73.1 Å². The van der Waals surface area contributed by atoms with Gasteiger partial charge in [0.25, 0.3) is 5.91 Å². The summed E-state index contributed by atoms with van der Waals surface area (Å²) in [6, 6.07) is 18.8. The van der Waals surface area contributed by atoms with Crippen molar-refractivity contribution in [2.75, 3.05) is 19.1 Å². The highest BCUT2D eigenvalue weighted by atomic mass is 16.5. The number of fused-ring (bicyclic) bond motifs is 1. The molecule has 1 atom stereocenters. The predicted molar refractivity (Wildman–Crippen MR) is 108 cm³/mol. The first-order chi connectivity index (χ1) is 13.6. The van der Waals surface area contributed by atoms with Gasteiger partial charge in [0.15, 0.2) is 11.3 Å². The Morgan fingerprint density at radius 3 is 2.43 bits per heavy atom. The quantitative estimate of drug-likeness (QED) is 0.615. The van der Waals surface area contributed by atoms with Gasteiger partial charge in [-0.05, 0) is 36.8 Å². The van der Waals surface area contributed by atoms with Gasteiger partial charge >= 0.3 is 0 Å². The molecule has 2 heterocycles. The third-order valence-corrected chi connectivity index (χ3v) is 5.54. The average molecular weight is 374 g/mol. The van der Waals surface area contributed by atoms with Gasteiger partial charge in [-0.15, -0.1) is 0 Å². The molecule has 1 aliphatic rings. The van der Waals surface area contributed by atoms with Crippen LogP contribution >= 0.6 is 0 Å². The van der Waals surface area contributed by atoms with Crippen molar-refractivity contribution in [2.45, 2.75) is 18.4 Å². The first-order valence-electron chi connectivity index (χ1n) is 9.27. The maximum atomic E-state index is 13.4. The molecule has 0 saturated heterocycles. The van der Waals surface area contributed by atoms with Crippen LogP contribution in [0.25, 0.3) is 0 Å². The highest BCUT2D eigenvalue weighted by molar-refractivity contribution is 6.08. The summed E-state index contributed by atoms with van der Waals surface area (Å²) in [4.78, 5) is 28.1. The lowest BCUT2D eigenvalue weighted by Crippen LogP contribution is -2.44. The van der Waals surface area contributed by atoms with E-state index in [9.17, 15) is 9.59 Å². The van der Waals surface area contributed by atoms with Crippen LogP contribution in [0.4, 0.5) is 5.69 Å². The van der Waals surface area contributed by atoms with Gasteiger partial charge in [-0.2, -0.15) is 0 Å². The number of anilines is 1. The van der Waals surface area contributed by atoms with Gasteiger partial charge in [-0.1, -0.05) is 30.3 Å². The molecule has 142 valence electrons. The number of Topliss-reactive ketones (excluding diaryl/α,β-unsaturated/α-hetero) is 1. The topological polar surface area (TPSA) is 51.5 Å². The van der Waals surface area contributed by atoms with Gasteiger partial charge in [0.2, 0.25) is 0 Å². The number of ether oxygens (including phenoxy) is 1. The number of amides is 1. The van der Waals surface area contributed by atoms with Gasteiger partial charge in [0.1, 0.15) is 5.75 Å². The molecule has 0 spiro atoms. The minimum absolute atomic E-state index is 0.0299. The largest absolute Gasteiger partial charge is 0.496 e. The molecular weight excluding hydrogens is 352 g/mol. The molecule has 1 aliphatic heterocycles. The van der Waals surface area contributed by atoms with Crippen molar-refractivity contribution in [3.8, 4) is 5.75 Å². The number of benzene rings is 2. The van der Waals surface area contributed by atoms with Crippen LogP contribution in [0.1, 0.15) is 28.8 Å². The van der Waals surface area contributed by atoms with Crippen LogP contribution in [0.2, 0.25) is 0 Å². The lowest BCUT2D eigenvalue weighted by Gasteiger charge is -2.30. The number of aromatic nitrogens is 1. The standard InChI is InChI=1S/C23H22N2O3/c1-24-19-11-5-4-10-18(19)23(22(24)27,25-15-7-8-16-25)14-13-20(26)17-9-3-6-12-21(17)28-2/h3-12,15-16H,13-14H2,1-2H3/t23-/m1/s1. The Kier molecular flexibility index (Phi) is 4.51. The molecule has 0 unspecified atom stereocenters. The van der Waals surface area contributed by atoms with Crippen molar-refractivity contribution < 1.29 is 14.3 Å². The number of nitrogens with zero attached hydrogens (tertiary/aromatic N) is 2. The number of hydrogen-bond acceptors (Lipinski definition) is 3. The number of carbonyl (C=O) groups is 2. The average Bonchev–Trinajstić information content (AvgIpc) is 3.34. The van der Waals surface area contributed by atoms with Crippen LogP contribution in [0.5, 0.6) is 5.75 Å². The molecule has 0 aliphatic carbocycles. The van der Waals surface area contributed by atoms with E-state index in [1.54, 1.807) is 31.2 Å². The maximum absolute atomic E-state index is 13.4. The van der Waals surface area contributed by atoms with Gasteiger partial charge < -0.3 is 14.2 Å². The Morgan fingerprint density at radius 2 is 1.68 bits per heavy atom. The monoisotopic (exact) mass is 374 g/mol. The first kappa shape index (κ1) is 18.0. The van der Waals surface area contributed by atoms with E-state index in [1.807, 2.05) is 65.5 Å². The Labute approximate surface area is 164 Å². The van der Waals surface area contributed by atoms with Crippen molar-refractivity contribution in [1.29, 1.82) is 0 Å². The molecule has 0 saturated carbocycles. The van der Waals surface area contributed by atoms with Crippen molar-refractivity contribution in [3.05, 3.63) is 84.2 Å². The maximum Gasteiger partial charge on any atom is 0.257 e. The number of likely N-dealkylation sites (N-methyl/N-ethyl adjacent to an activating group) is 1. The van der Waals surface area contributed by atoms with Gasteiger partial charge in [-0.3, -0.25) is 9.59 Å². The molecule has 0 fully saturated rings. The molecule has 0 bridgehead atoms. The number of hydrogen-bond donors (Lipinski definition) is 0. The Bertz CT molecular complexity index is 1030.